The SMILES string of the molecule is COC(=O)C(C)(C)c1ccc(OC)c(OC)c1. The zero-order valence-corrected chi connectivity index (χ0v) is 10.9. The van der Waals surface area contributed by atoms with E-state index in [1.165, 1.54) is 7.11 Å². The number of ether oxygens (including phenoxy) is 3. The van der Waals surface area contributed by atoms with Crippen molar-refractivity contribution in [3.8, 4) is 11.5 Å². The molecule has 1 aromatic carbocycles. The number of methoxy groups -OCH3 is 3. The Hall–Kier alpha value is -1.71. The van der Waals surface area contributed by atoms with Crippen molar-refractivity contribution < 1.29 is 19.0 Å². The van der Waals surface area contributed by atoms with Crippen LogP contribution in [0.4, 0.5) is 0 Å². The van der Waals surface area contributed by atoms with Crippen LogP contribution in [0.3, 0.4) is 0 Å². The molecule has 0 unspecified atom stereocenters. The summed E-state index contributed by atoms with van der Waals surface area (Å²) in [5.74, 6) is 0.948. The van der Waals surface area contributed by atoms with Crippen LogP contribution in [-0.4, -0.2) is 27.3 Å². The lowest BCUT2D eigenvalue weighted by molar-refractivity contribution is -0.146. The molecule has 17 heavy (non-hydrogen) atoms. The Balaban J connectivity index is 3.19. The van der Waals surface area contributed by atoms with Crippen molar-refractivity contribution >= 4 is 5.97 Å². The molecule has 0 fully saturated rings. The molecular formula is C13H18O4. The lowest BCUT2D eigenvalue weighted by atomic mass is 9.84. The van der Waals surface area contributed by atoms with Gasteiger partial charge in [0.25, 0.3) is 0 Å². The highest BCUT2D eigenvalue weighted by atomic mass is 16.5. The van der Waals surface area contributed by atoms with E-state index in [-0.39, 0.29) is 5.97 Å². The Kier molecular flexibility index (Phi) is 3.99. The Morgan fingerprint density at radius 1 is 1.06 bits per heavy atom. The molecule has 0 aromatic heterocycles. The highest BCUT2D eigenvalue weighted by molar-refractivity contribution is 5.82. The lowest BCUT2D eigenvalue weighted by Gasteiger charge is -2.23. The molecule has 0 spiro atoms. The highest BCUT2D eigenvalue weighted by Gasteiger charge is 2.31. The molecule has 0 amide bonds. The summed E-state index contributed by atoms with van der Waals surface area (Å²) >= 11 is 0. The summed E-state index contributed by atoms with van der Waals surface area (Å²) in [6.45, 7) is 3.61. The van der Waals surface area contributed by atoms with E-state index in [4.69, 9.17) is 14.2 Å². The molecule has 0 radical (unpaired) electrons. The van der Waals surface area contributed by atoms with Gasteiger partial charge in [0.05, 0.1) is 26.7 Å². The van der Waals surface area contributed by atoms with Crippen molar-refractivity contribution in [3.05, 3.63) is 23.8 Å². The molecular weight excluding hydrogens is 220 g/mol. The second kappa shape index (κ2) is 5.08. The Bertz CT molecular complexity index is 410. The number of rotatable bonds is 4. The van der Waals surface area contributed by atoms with Gasteiger partial charge in [-0.25, -0.2) is 0 Å². The van der Waals surface area contributed by atoms with E-state index < -0.39 is 5.41 Å². The predicted molar refractivity (Wildman–Crippen MR) is 64.6 cm³/mol. The number of hydrogen-bond acceptors (Lipinski definition) is 4. The van der Waals surface area contributed by atoms with Crippen LogP contribution in [-0.2, 0) is 14.9 Å². The summed E-state index contributed by atoms with van der Waals surface area (Å²) < 4.78 is 15.1. The molecule has 1 rings (SSSR count). The van der Waals surface area contributed by atoms with E-state index in [0.717, 1.165) is 5.56 Å². The zero-order valence-electron chi connectivity index (χ0n) is 10.9. The third-order valence-corrected chi connectivity index (χ3v) is 2.80. The van der Waals surface area contributed by atoms with Crippen LogP contribution in [0.1, 0.15) is 19.4 Å². The third kappa shape index (κ3) is 2.52. The van der Waals surface area contributed by atoms with Gasteiger partial charge in [0, 0.05) is 0 Å². The van der Waals surface area contributed by atoms with Crippen LogP contribution in [0.5, 0.6) is 11.5 Å². The Morgan fingerprint density at radius 2 is 1.65 bits per heavy atom. The van der Waals surface area contributed by atoms with Crippen LogP contribution in [0.25, 0.3) is 0 Å². The number of carbonyl (C=O) groups is 1. The van der Waals surface area contributed by atoms with E-state index in [0.29, 0.717) is 11.5 Å². The number of benzene rings is 1. The van der Waals surface area contributed by atoms with E-state index >= 15 is 0 Å². The van der Waals surface area contributed by atoms with Gasteiger partial charge < -0.3 is 14.2 Å². The van der Waals surface area contributed by atoms with Crippen molar-refractivity contribution in [1.82, 2.24) is 0 Å². The third-order valence-electron chi connectivity index (χ3n) is 2.80. The second-order valence-corrected chi connectivity index (χ2v) is 4.19. The maximum Gasteiger partial charge on any atom is 0.315 e. The van der Waals surface area contributed by atoms with Crippen molar-refractivity contribution in [2.45, 2.75) is 19.3 Å². The van der Waals surface area contributed by atoms with Gasteiger partial charge in [-0.15, -0.1) is 0 Å². The Labute approximate surface area is 101 Å². The molecule has 0 saturated heterocycles. The second-order valence-electron chi connectivity index (χ2n) is 4.19. The van der Waals surface area contributed by atoms with Gasteiger partial charge in [-0.05, 0) is 31.5 Å². The molecule has 0 aliphatic carbocycles. The molecule has 0 aliphatic heterocycles. The average molecular weight is 238 g/mol. The van der Waals surface area contributed by atoms with Crippen LogP contribution in [0.15, 0.2) is 18.2 Å². The number of carbonyl (C=O) groups excluding carboxylic acids is 1. The molecule has 4 nitrogen and oxygen atoms in total. The van der Waals surface area contributed by atoms with Crippen LogP contribution in [0, 0.1) is 0 Å². The molecule has 0 atom stereocenters. The predicted octanol–water partition coefficient (Wildman–Crippen LogP) is 2.15. The molecule has 4 heteroatoms. The lowest BCUT2D eigenvalue weighted by Crippen LogP contribution is -2.30. The molecule has 0 saturated carbocycles. The fourth-order valence-electron chi connectivity index (χ4n) is 1.60. The summed E-state index contributed by atoms with van der Waals surface area (Å²) in [7, 11) is 4.51. The van der Waals surface area contributed by atoms with E-state index in [1.807, 2.05) is 6.07 Å². The minimum Gasteiger partial charge on any atom is -0.493 e. The van der Waals surface area contributed by atoms with Crippen LogP contribution >= 0.6 is 0 Å². The largest absolute Gasteiger partial charge is 0.493 e. The average Bonchev–Trinajstić information content (AvgIpc) is 2.36. The summed E-state index contributed by atoms with van der Waals surface area (Å²) in [5.41, 5.74) is 0.107. The first-order valence-corrected chi connectivity index (χ1v) is 5.28. The number of hydrogen-bond donors (Lipinski definition) is 0. The fourth-order valence-corrected chi connectivity index (χ4v) is 1.60. The van der Waals surface area contributed by atoms with E-state index in [1.54, 1.807) is 40.2 Å². The first-order chi connectivity index (χ1) is 7.97. The van der Waals surface area contributed by atoms with Gasteiger partial charge in [0.1, 0.15) is 0 Å². The minimum atomic E-state index is -0.714. The maximum atomic E-state index is 11.7. The highest BCUT2D eigenvalue weighted by Crippen LogP contribution is 2.33. The molecule has 0 N–H and O–H groups in total. The monoisotopic (exact) mass is 238 g/mol. The molecule has 0 aliphatic rings. The van der Waals surface area contributed by atoms with Crippen molar-refractivity contribution in [1.29, 1.82) is 0 Å². The summed E-state index contributed by atoms with van der Waals surface area (Å²) in [5, 5.41) is 0. The molecule has 0 heterocycles. The maximum absolute atomic E-state index is 11.7. The van der Waals surface area contributed by atoms with E-state index in [9.17, 15) is 4.79 Å². The van der Waals surface area contributed by atoms with Crippen molar-refractivity contribution in [2.24, 2.45) is 0 Å². The van der Waals surface area contributed by atoms with Gasteiger partial charge in [0.15, 0.2) is 11.5 Å². The zero-order chi connectivity index (χ0) is 13.1. The van der Waals surface area contributed by atoms with Gasteiger partial charge in [-0.2, -0.15) is 0 Å². The van der Waals surface area contributed by atoms with Crippen LogP contribution < -0.4 is 9.47 Å². The van der Waals surface area contributed by atoms with Gasteiger partial charge in [-0.3, -0.25) is 4.79 Å². The quantitative estimate of drug-likeness (QED) is 0.754. The van der Waals surface area contributed by atoms with Crippen molar-refractivity contribution in [2.75, 3.05) is 21.3 Å². The molecule has 1 aromatic rings. The summed E-state index contributed by atoms with van der Waals surface area (Å²) in [6, 6.07) is 5.40. The van der Waals surface area contributed by atoms with Gasteiger partial charge in [-0.1, -0.05) is 6.07 Å². The first-order valence-electron chi connectivity index (χ1n) is 5.28. The standard InChI is InChI=1S/C13H18O4/c1-13(2,12(14)17-5)9-6-7-10(15-3)11(8-9)16-4/h6-8H,1-5H3. The fraction of sp³-hybridized carbons (Fsp3) is 0.462. The first kappa shape index (κ1) is 13.4. The molecule has 0 bridgehead atoms. The molecule has 94 valence electrons. The van der Waals surface area contributed by atoms with Gasteiger partial charge >= 0.3 is 5.97 Å². The van der Waals surface area contributed by atoms with Crippen molar-refractivity contribution in [3.63, 3.8) is 0 Å². The summed E-state index contributed by atoms with van der Waals surface area (Å²) in [4.78, 5) is 11.7. The van der Waals surface area contributed by atoms with Crippen LogP contribution in [0.2, 0.25) is 0 Å². The smallest absolute Gasteiger partial charge is 0.315 e. The minimum absolute atomic E-state index is 0.287. The number of esters is 1. The van der Waals surface area contributed by atoms with Gasteiger partial charge in [0.2, 0.25) is 0 Å². The topological polar surface area (TPSA) is 44.8 Å². The van der Waals surface area contributed by atoms with E-state index in [2.05, 4.69) is 0 Å². The summed E-state index contributed by atoms with van der Waals surface area (Å²) in [6.07, 6.45) is 0. The normalized spacial score (nSPS) is 10.9. The Morgan fingerprint density at radius 3 is 2.12 bits per heavy atom.